The average molecular weight is 211 g/mol. The maximum atomic E-state index is 3.46. The molecule has 0 saturated carbocycles. The molecule has 0 N–H and O–H groups in total. The van der Waals surface area contributed by atoms with E-state index >= 15 is 0 Å². The van der Waals surface area contributed by atoms with Gasteiger partial charge in [0.15, 0.2) is 0 Å². The first-order valence-electron chi connectivity index (χ1n) is 3.08. The summed E-state index contributed by atoms with van der Waals surface area (Å²) < 4.78 is 1.22. The molecule has 0 saturated heterocycles. The van der Waals surface area contributed by atoms with Crippen molar-refractivity contribution in [3.63, 3.8) is 0 Å². The van der Waals surface area contributed by atoms with E-state index < -0.39 is 0 Å². The van der Waals surface area contributed by atoms with Gasteiger partial charge in [-0.05, 0) is 18.1 Å². The highest BCUT2D eigenvalue weighted by molar-refractivity contribution is 9.10. The Morgan fingerprint density at radius 3 is 2.30 bits per heavy atom. The normalized spacial score (nSPS) is 8.60. The van der Waals surface area contributed by atoms with Gasteiger partial charge in [-0.2, -0.15) is 0 Å². The van der Waals surface area contributed by atoms with E-state index in [-0.39, 0.29) is 23.1 Å². The Kier molecular flexibility index (Phi) is 5.40. The monoisotopic (exact) mass is 210 g/mol. The first-order chi connectivity index (χ1) is 4.34. The van der Waals surface area contributed by atoms with Crippen LogP contribution >= 0.6 is 15.9 Å². The minimum absolute atomic E-state index is 0. The molecule has 0 aliphatic heterocycles. The molecule has 52 valence electrons. The van der Waals surface area contributed by atoms with E-state index in [1.165, 1.54) is 10.0 Å². The highest BCUT2D eigenvalue weighted by Gasteiger charge is 1.91. The molecule has 10 heavy (non-hydrogen) atoms. The molecule has 1 aromatic carbocycles. The van der Waals surface area contributed by atoms with Crippen LogP contribution in [0.2, 0.25) is 0 Å². The van der Waals surface area contributed by atoms with E-state index in [2.05, 4.69) is 41.1 Å². The largest absolute Gasteiger partial charge is 0.316 e. The number of hydrogen-bond donors (Lipinski definition) is 0. The van der Waals surface area contributed by atoms with E-state index in [0.29, 0.717) is 0 Å². The summed E-state index contributed by atoms with van der Waals surface area (Å²) in [6, 6.07) is 8.29. The van der Waals surface area contributed by atoms with E-state index in [1.807, 2.05) is 6.07 Å². The summed E-state index contributed by atoms with van der Waals surface area (Å²) >= 11 is 3.46. The molecule has 0 heterocycles. The summed E-state index contributed by atoms with van der Waals surface area (Å²) in [5.74, 6) is 0. The van der Waals surface area contributed by atoms with Gasteiger partial charge in [-0.25, -0.2) is 0 Å². The van der Waals surface area contributed by atoms with Gasteiger partial charge in [0.2, 0.25) is 0 Å². The molecular weight excluding hydrogens is 200 g/mol. The fourth-order valence-electron chi connectivity index (χ4n) is 0.785. The van der Waals surface area contributed by atoms with E-state index in [0.717, 1.165) is 6.42 Å². The third-order valence-corrected chi connectivity index (χ3v) is 2.11. The molecule has 0 unspecified atom stereocenters. The second-order valence-corrected chi connectivity index (χ2v) is 2.80. The van der Waals surface area contributed by atoms with Crippen LogP contribution in [0.5, 0.6) is 0 Å². The Morgan fingerprint density at radius 2 is 1.90 bits per heavy atom. The molecule has 1 rings (SSSR count). The van der Waals surface area contributed by atoms with Crippen molar-refractivity contribution < 1.29 is 0 Å². The van der Waals surface area contributed by atoms with Crippen molar-refractivity contribution in [2.45, 2.75) is 13.3 Å². The summed E-state index contributed by atoms with van der Waals surface area (Å²) in [5, 5.41) is 0. The number of aryl methyl sites for hydroxylation is 1. The van der Waals surface area contributed by atoms with Gasteiger partial charge in [-0.1, -0.05) is 41.1 Å². The van der Waals surface area contributed by atoms with Gasteiger partial charge in [-0.15, -0.1) is 0 Å². The van der Waals surface area contributed by atoms with E-state index in [1.54, 1.807) is 0 Å². The first-order valence-corrected chi connectivity index (χ1v) is 3.87. The molecule has 0 aliphatic rings. The molecule has 0 aliphatic carbocycles. The standard InChI is InChI=1S/C8H9Br.Mg.2H/c1-2-7-5-3-4-6-8(7)9;;;/h3-6H,2H2,1H3;;;. The maximum Gasteiger partial charge on any atom is 0.316 e. The number of benzene rings is 1. The lowest BCUT2D eigenvalue weighted by Crippen LogP contribution is -1.78. The van der Waals surface area contributed by atoms with Gasteiger partial charge in [0.25, 0.3) is 0 Å². The van der Waals surface area contributed by atoms with Gasteiger partial charge >= 0.3 is 23.1 Å². The zero-order valence-electron chi connectivity index (χ0n) is 5.39. The molecule has 1 aromatic rings. The molecule has 0 bridgehead atoms. The van der Waals surface area contributed by atoms with Gasteiger partial charge in [0.1, 0.15) is 0 Å². The van der Waals surface area contributed by atoms with Crippen LogP contribution in [0, 0.1) is 0 Å². The molecule has 0 nitrogen and oxygen atoms in total. The molecule has 0 atom stereocenters. The molecule has 2 heteroatoms. The second-order valence-electron chi connectivity index (χ2n) is 1.94. The lowest BCUT2D eigenvalue weighted by molar-refractivity contribution is 1.13. The predicted octanol–water partition coefficient (Wildman–Crippen LogP) is 2.10. The van der Waals surface area contributed by atoms with Gasteiger partial charge in [0.05, 0.1) is 0 Å². The summed E-state index contributed by atoms with van der Waals surface area (Å²) in [5.41, 5.74) is 1.37. The molecule has 0 radical (unpaired) electrons. The van der Waals surface area contributed by atoms with Crippen molar-refractivity contribution in [1.29, 1.82) is 0 Å². The van der Waals surface area contributed by atoms with Crippen molar-refractivity contribution in [3.8, 4) is 0 Å². The van der Waals surface area contributed by atoms with E-state index in [9.17, 15) is 0 Å². The van der Waals surface area contributed by atoms with Gasteiger partial charge in [0, 0.05) is 4.47 Å². The van der Waals surface area contributed by atoms with Crippen LogP contribution in [0.4, 0.5) is 0 Å². The van der Waals surface area contributed by atoms with Crippen LogP contribution < -0.4 is 0 Å². The minimum atomic E-state index is 0. The van der Waals surface area contributed by atoms with Crippen LogP contribution in [0.15, 0.2) is 28.7 Å². The van der Waals surface area contributed by atoms with Crippen molar-refractivity contribution >= 4 is 39.0 Å². The zero-order chi connectivity index (χ0) is 6.69. The SMILES string of the molecule is CCc1ccccc1Br.[MgH2]. The lowest BCUT2D eigenvalue weighted by atomic mass is 10.2. The summed E-state index contributed by atoms with van der Waals surface area (Å²) in [6.45, 7) is 2.15. The number of rotatable bonds is 1. The maximum absolute atomic E-state index is 3.46. The van der Waals surface area contributed by atoms with Crippen molar-refractivity contribution in [2.24, 2.45) is 0 Å². The van der Waals surface area contributed by atoms with Gasteiger partial charge < -0.3 is 0 Å². The molecule has 0 aromatic heterocycles. The fourth-order valence-corrected chi connectivity index (χ4v) is 1.35. The fraction of sp³-hybridized carbons (Fsp3) is 0.250. The average Bonchev–Trinajstić information content (AvgIpc) is 1.89. The van der Waals surface area contributed by atoms with Crippen molar-refractivity contribution in [1.82, 2.24) is 0 Å². The Balaban J connectivity index is 0.000000810. The number of halogens is 1. The minimum Gasteiger partial charge on any atom is -0.0619 e. The molecule has 0 fully saturated rings. The predicted molar refractivity (Wildman–Crippen MR) is 52.1 cm³/mol. The number of hydrogen-bond acceptors (Lipinski definition) is 0. The smallest absolute Gasteiger partial charge is 0.0619 e. The summed E-state index contributed by atoms with van der Waals surface area (Å²) in [6.07, 6.45) is 1.10. The zero-order valence-corrected chi connectivity index (χ0v) is 6.98. The van der Waals surface area contributed by atoms with Crippen LogP contribution in [0.1, 0.15) is 12.5 Å². The topological polar surface area (TPSA) is 0 Å². The molecule has 0 amide bonds. The molecule has 0 spiro atoms. The van der Waals surface area contributed by atoms with Crippen LogP contribution in [0.3, 0.4) is 0 Å². The van der Waals surface area contributed by atoms with Crippen molar-refractivity contribution in [3.05, 3.63) is 34.3 Å². The second kappa shape index (κ2) is 5.16. The third-order valence-electron chi connectivity index (χ3n) is 1.34. The summed E-state index contributed by atoms with van der Waals surface area (Å²) in [7, 11) is 0. The Labute approximate surface area is 86.3 Å². The van der Waals surface area contributed by atoms with Crippen molar-refractivity contribution in [2.75, 3.05) is 0 Å². The van der Waals surface area contributed by atoms with E-state index in [4.69, 9.17) is 0 Å². The Bertz CT molecular complexity index is 198. The highest BCUT2D eigenvalue weighted by atomic mass is 79.9. The Hall–Kier alpha value is 0.466. The third kappa shape index (κ3) is 2.60. The van der Waals surface area contributed by atoms with Crippen LogP contribution in [0.25, 0.3) is 0 Å². The first kappa shape index (κ1) is 10.5. The van der Waals surface area contributed by atoms with Gasteiger partial charge in [-0.3, -0.25) is 0 Å². The van der Waals surface area contributed by atoms with Crippen LogP contribution in [-0.4, -0.2) is 23.1 Å². The quantitative estimate of drug-likeness (QED) is 0.624. The van der Waals surface area contributed by atoms with Crippen LogP contribution in [-0.2, 0) is 6.42 Å². The summed E-state index contributed by atoms with van der Waals surface area (Å²) in [4.78, 5) is 0. The Morgan fingerprint density at radius 1 is 1.30 bits per heavy atom. The highest BCUT2D eigenvalue weighted by Crippen LogP contribution is 2.15. The molecular formula is C8H11BrMg. The lowest BCUT2D eigenvalue weighted by Gasteiger charge is -1.96.